The van der Waals surface area contributed by atoms with Crippen LogP contribution in [0.2, 0.25) is 0 Å². The Hall–Kier alpha value is -1.30. The summed E-state index contributed by atoms with van der Waals surface area (Å²) in [6, 6.07) is -0.348. The lowest BCUT2D eigenvalue weighted by Gasteiger charge is -2.31. The minimum Gasteiger partial charge on any atom is -0.481 e. The van der Waals surface area contributed by atoms with E-state index in [4.69, 9.17) is 4.74 Å². The van der Waals surface area contributed by atoms with Gasteiger partial charge in [-0.3, -0.25) is 4.79 Å². The molecule has 1 heterocycles. The molecule has 2 rings (SSSR count). The van der Waals surface area contributed by atoms with Gasteiger partial charge in [0.05, 0.1) is 19.3 Å². The van der Waals surface area contributed by atoms with E-state index in [-0.39, 0.29) is 24.7 Å². The first-order valence-electron chi connectivity index (χ1n) is 7.83. The number of nitrogens with one attached hydrogen (secondary N) is 1. The number of carbonyl (C=O) groups is 2. The number of aliphatic carboxylic acids is 1. The molecule has 2 N–H and O–H groups in total. The Morgan fingerprint density at radius 2 is 2.00 bits per heavy atom. The number of hydrogen-bond donors (Lipinski definition) is 2. The van der Waals surface area contributed by atoms with E-state index in [0.717, 1.165) is 12.8 Å². The second-order valence-electron chi connectivity index (χ2n) is 6.31. The molecule has 1 saturated carbocycles. The summed E-state index contributed by atoms with van der Waals surface area (Å²) in [7, 11) is 0. The van der Waals surface area contributed by atoms with Crippen molar-refractivity contribution in [3.63, 3.8) is 0 Å². The van der Waals surface area contributed by atoms with Crippen LogP contribution in [-0.4, -0.2) is 53.8 Å². The summed E-state index contributed by atoms with van der Waals surface area (Å²) in [6.07, 6.45) is 2.12. The molecule has 0 radical (unpaired) electrons. The number of amides is 2. The summed E-state index contributed by atoms with van der Waals surface area (Å²) in [6.45, 7) is 7.21. The zero-order valence-corrected chi connectivity index (χ0v) is 13.0. The van der Waals surface area contributed by atoms with Gasteiger partial charge in [-0.15, -0.1) is 0 Å². The Morgan fingerprint density at radius 1 is 1.29 bits per heavy atom. The number of carbonyl (C=O) groups excluding carboxylic acids is 1. The second kappa shape index (κ2) is 6.64. The third kappa shape index (κ3) is 3.31. The molecule has 2 aliphatic rings. The number of urea groups is 1. The van der Waals surface area contributed by atoms with Crippen molar-refractivity contribution in [3.05, 3.63) is 0 Å². The lowest BCUT2D eigenvalue weighted by Crippen LogP contribution is -2.53. The molecular formula is C15H26N2O4. The minimum absolute atomic E-state index is 0.162. The van der Waals surface area contributed by atoms with Crippen LogP contribution in [0.1, 0.15) is 33.6 Å². The summed E-state index contributed by atoms with van der Waals surface area (Å²) in [5.74, 6) is -0.447. The van der Waals surface area contributed by atoms with Crippen LogP contribution in [0.5, 0.6) is 0 Å². The number of likely N-dealkylation sites (N-methyl/N-ethyl adjacent to an activating group) is 1. The highest BCUT2D eigenvalue weighted by Gasteiger charge is 2.40. The topological polar surface area (TPSA) is 78.9 Å². The number of carboxylic acids is 1. The van der Waals surface area contributed by atoms with Gasteiger partial charge in [0.15, 0.2) is 0 Å². The fourth-order valence-electron chi connectivity index (χ4n) is 3.42. The Balaban J connectivity index is 2.00. The maximum atomic E-state index is 12.5. The summed E-state index contributed by atoms with van der Waals surface area (Å²) in [5, 5.41) is 12.3. The molecule has 5 atom stereocenters. The normalized spacial score (nSPS) is 35.7. The number of ether oxygens (including phenoxy) is 1. The van der Waals surface area contributed by atoms with Crippen molar-refractivity contribution >= 4 is 12.0 Å². The van der Waals surface area contributed by atoms with E-state index in [1.165, 1.54) is 0 Å². The van der Waals surface area contributed by atoms with Crippen LogP contribution >= 0.6 is 0 Å². The van der Waals surface area contributed by atoms with Gasteiger partial charge >= 0.3 is 12.0 Å². The molecule has 5 unspecified atom stereocenters. The standard InChI is InChI=1S/C15H26N2O4/c1-4-17(13-8-21-7-11(13)14(18)19)15(20)16-12-6-5-9(2)10(12)3/h9-13H,4-8H2,1-3H3,(H,16,20)(H,18,19). The smallest absolute Gasteiger partial charge is 0.317 e. The number of nitrogens with zero attached hydrogens (tertiary/aromatic N) is 1. The predicted molar refractivity (Wildman–Crippen MR) is 78.0 cm³/mol. The van der Waals surface area contributed by atoms with Crippen molar-refractivity contribution in [3.8, 4) is 0 Å². The van der Waals surface area contributed by atoms with E-state index in [1.54, 1.807) is 4.90 Å². The Kier molecular flexibility index (Phi) is 5.08. The van der Waals surface area contributed by atoms with E-state index in [2.05, 4.69) is 19.2 Å². The molecule has 0 spiro atoms. The summed E-state index contributed by atoms with van der Waals surface area (Å²) in [5.41, 5.74) is 0. The maximum Gasteiger partial charge on any atom is 0.317 e. The third-order valence-corrected chi connectivity index (χ3v) is 5.14. The van der Waals surface area contributed by atoms with Crippen LogP contribution in [0.25, 0.3) is 0 Å². The van der Waals surface area contributed by atoms with E-state index in [0.29, 0.717) is 25.0 Å². The zero-order valence-electron chi connectivity index (χ0n) is 13.0. The molecule has 6 nitrogen and oxygen atoms in total. The van der Waals surface area contributed by atoms with Crippen LogP contribution in [-0.2, 0) is 9.53 Å². The van der Waals surface area contributed by atoms with Gasteiger partial charge in [0, 0.05) is 12.6 Å². The van der Waals surface area contributed by atoms with Crippen LogP contribution in [0, 0.1) is 17.8 Å². The molecule has 1 saturated heterocycles. The zero-order chi connectivity index (χ0) is 15.6. The highest BCUT2D eigenvalue weighted by Crippen LogP contribution is 2.31. The van der Waals surface area contributed by atoms with Crippen LogP contribution in [0.3, 0.4) is 0 Å². The van der Waals surface area contributed by atoms with Crippen LogP contribution < -0.4 is 5.32 Å². The third-order valence-electron chi connectivity index (χ3n) is 5.14. The van der Waals surface area contributed by atoms with Crippen molar-refractivity contribution in [1.82, 2.24) is 10.2 Å². The Morgan fingerprint density at radius 3 is 2.52 bits per heavy atom. The summed E-state index contributed by atoms with van der Waals surface area (Å²) >= 11 is 0. The molecule has 2 amide bonds. The van der Waals surface area contributed by atoms with Crippen molar-refractivity contribution in [2.75, 3.05) is 19.8 Å². The molecule has 0 aromatic carbocycles. The van der Waals surface area contributed by atoms with Crippen LogP contribution in [0.4, 0.5) is 4.79 Å². The minimum atomic E-state index is -0.897. The van der Waals surface area contributed by atoms with Crippen molar-refractivity contribution in [2.45, 2.75) is 45.7 Å². The quantitative estimate of drug-likeness (QED) is 0.825. The first-order chi connectivity index (χ1) is 9.95. The SMILES string of the molecule is CCN(C(=O)NC1CCC(C)C1C)C1COCC1C(=O)O. The lowest BCUT2D eigenvalue weighted by atomic mass is 9.98. The predicted octanol–water partition coefficient (Wildman–Crippen LogP) is 1.55. The summed E-state index contributed by atoms with van der Waals surface area (Å²) in [4.78, 5) is 25.4. The molecule has 1 aliphatic carbocycles. The monoisotopic (exact) mass is 298 g/mol. The van der Waals surface area contributed by atoms with Gasteiger partial charge < -0.3 is 20.1 Å². The van der Waals surface area contributed by atoms with E-state index < -0.39 is 11.9 Å². The molecule has 0 aromatic heterocycles. The lowest BCUT2D eigenvalue weighted by molar-refractivity contribution is -0.142. The van der Waals surface area contributed by atoms with Gasteiger partial charge in [-0.05, 0) is 31.6 Å². The highest BCUT2D eigenvalue weighted by molar-refractivity contribution is 5.77. The molecule has 1 aliphatic heterocycles. The number of carboxylic acid groups (broad SMARTS) is 1. The van der Waals surface area contributed by atoms with E-state index in [9.17, 15) is 14.7 Å². The fourth-order valence-corrected chi connectivity index (χ4v) is 3.42. The average Bonchev–Trinajstić information content (AvgIpc) is 3.02. The molecule has 120 valence electrons. The molecular weight excluding hydrogens is 272 g/mol. The van der Waals surface area contributed by atoms with Gasteiger partial charge in [-0.2, -0.15) is 0 Å². The Labute approximate surface area is 125 Å². The fraction of sp³-hybridized carbons (Fsp3) is 0.867. The number of hydrogen-bond acceptors (Lipinski definition) is 3. The molecule has 21 heavy (non-hydrogen) atoms. The first kappa shape index (κ1) is 16.1. The van der Waals surface area contributed by atoms with E-state index in [1.807, 2.05) is 6.92 Å². The van der Waals surface area contributed by atoms with Gasteiger partial charge in [0.1, 0.15) is 5.92 Å². The highest BCUT2D eigenvalue weighted by atomic mass is 16.5. The number of rotatable bonds is 4. The molecule has 0 aromatic rings. The average molecular weight is 298 g/mol. The van der Waals surface area contributed by atoms with Crippen molar-refractivity contribution < 1.29 is 19.4 Å². The molecule has 6 heteroatoms. The van der Waals surface area contributed by atoms with Crippen molar-refractivity contribution in [1.29, 1.82) is 0 Å². The van der Waals surface area contributed by atoms with E-state index >= 15 is 0 Å². The van der Waals surface area contributed by atoms with Crippen LogP contribution in [0.15, 0.2) is 0 Å². The maximum absolute atomic E-state index is 12.5. The van der Waals surface area contributed by atoms with Gasteiger partial charge in [-0.1, -0.05) is 13.8 Å². The molecule has 2 fully saturated rings. The van der Waals surface area contributed by atoms with Gasteiger partial charge in [0.25, 0.3) is 0 Å². The Bertz CT molecular complexity index is 401. The first-order valence-corrected chi connectivity index (χ1v) is 7.83. The largest absolute Gasteiger partial charge is 0.481 e. The van der Waals surface area contributed by atoms with Gasteiger partial charge in [-0.25, -0.2) is 4.79 Å². The van der Waals surface area contributed by atoms with Gasteiger partial charge in [0.2, 0.25) is 0 Å². The summed E-state index contributed by atoms with van der Waals surface area (Å²) < 4.78 is 5.27. The molecule has 0 bridgehead atoms. The van der Waals surface area contributed by atoms with Crippen molar-refractivity contribution in [2.24, 2.45) is 17.8 Å². The second-order valence-corrected chi connectivity index (χ2v) is 6.31.